The van der Waals surface area contributed by atoms with Crippen LogP contribution in [0.25, 0.3) is 0 Å². The molecule has 0 aliphatic carbocycles. The van der Waals surface area contributed by atoms with Crippen molar-refractivity contribution in [2.75, 3.05) is 0 Å². The molecule has 176 valence electrons. The Labute approximate surface area is 187 Å². The molecule has 0 spiro atoms. The third kappa shape index (κ3) is 8.31. The van der Waals surface area contributed by atoms with Crippen molar-refractivity contribution < 1.29 is 14.7 Å². The van der Waals surface area contributed by atoms with Crippen LogP contribution >= 0.6 is 0 Å². The summed E-state index contributed by atoms with van der Waals surface area (Å²) in [5, 5.41) is 13.5. The Morgan fingerprint density at radius 3 is 2.23 bits per heavy atom. The predicted octanol–water partition coefficient (Wildman–Crippen LogP) is 2.58. The van der Waals surface area contributed by atoms with Gasteiger partial charge in [-0.2, -0.15) is 0 Å². The highest BCUT2D eigenvalue weighted by Crippen LogP contribution is 2.23. The molecule has 31 heavy (non-hydrogen) atoms. The fourth-order valence-electron chi connectivity index (χ4n) is 3.63. The van der Waals surface area contributed by atoms with Gasteiger partial charge in [-0.15, -0.1) is 0 Å². The molecule has 1 heterocycles. The van der Waals surface area contributed by atoms with Crippen molar-refractivity contribution in [2.24, 2.45) is 35.1 Å². The minimum absolute atomic E-state index is 0.0210. The maximum absolute atomic E-state index is 13.2. The third-order valence-electron chi connectivity index (χ3n) is 6.01. The van der Waals surface area contributed by atoms with Crippen LogP contribution in [0, 0.1) is 23.7 Å². The first kappa shape index (κ1) is 27.2. The number of carbonyl (C=O) groups is 2. The van der Waals surface area contributed by atoms with Crippen LogP contribution in [0.1, 0.15) is 72.5 Å². The molecule has 0 bridgehead atoms. The number of aliphatic hydroxyl groups is 1. The molecule has 6 N–H and O–H groups in total. The number of nitrogens with one attached hydrogen (secondary N) is 1. The molecule has 7 nitrogen and oxygen atoms in total. The van der Waals surface area contributed by atoms with Crippen LogP contribution in [0.5, 0.6) is 0 Å². The van der Waals surface area contributed by atoms with Crippen LogP contribution in [0.3, 0.4) is 0 Å². The predicted molar refractivity (Wildman–Crippen MR) is 124 cm³/mol. The first-order chi connectivity index (χ1) is 14.5. The van der Waals surface area contributed by atoms with E-state index in [0.717, 1.165) is 6.42 Å². The normalized spacial score (nSPS) is 17.6. The first-order valence-electron chi connectivity index (χ1n) is 11.4. The van der Waals surface area contributed by atoms with E-state index < -0.39 is 30.1 Å². The van der Waals surface area contributed by atoms with E-state index in [1.807, 2.05) is 41.5 Å². The average molecular weight is 435 g/mol. The molecule has 6 atom stereocenters. The van der Waals surface area contributed by atoms with Gasteiger partial charge in [-0.1, -0.05) is 54.0 Å². The molecule has 0 aromatic carbocycles. The molecule has 1 unspecified atom stereocenters. The number of nitrogens with zero attached hydrogens (tertiary/aromatic N) is 1. The van der Waals surface area contributed by atoms with Crippen LogP contribution in [0.2, 0.25) is 0 Å². The molecule has 1 aromatic rings. The van der Waals surface area contributed by atoms with Gasteiger partial charge in [-0.05, 0) is 42.7 Å². The Morgan fingerprint density at radius 2 is 1.74 bits per heavy atom. The fourth-order valence-corrected chi connectivity index (χ4v) is 3.63. The second kappa shape index (κ2) is 12.9. The van der Waals surface area contributed by atoms with Crippen molar-refractivity contribution in [3.05, 3.63) is 30.1 Å². The van der Waals surface area contributed by atoms with E-state index in [0.29, 0.717) is 18.0 Å². The number of carbonyl (C=O) groups excluding carboxylic acids is 2. The lowest BCUT2D eigenvalue weighted by atomic mass is 9.85. The lowest BCUT2D eigenvalue weighted by Crippen LogP contribution is -2.48. The highest BCUT2D eigenvalue weighted by Gasteiger charge is 2.34. The summed E-state index contributed by atoms with van der Waals surface area (Å²) in [6.07, 6.45) is 2.45. The minimum atomic E-state index is -0.930. The Morgan fingerprint density at radius 1 is 1.10 bits per heavy atom. The van der Waals surface area contributed by atoms with Gasteiger partial charge >= 0.3 is 0 Å². The van der Waals surface area contributed by atoms with E-state index in [-0.39, 0.29) is 29.9 Å². The summed E-state index contributed by atoms with van der Waals surface area (Å²) in [6.45, 7) is 11.8. The number of ketones is 1. The Bertz CT molecular complexity index is 681. The maximum Gasteiger partial charge on any atom is 0.224 e. The van der Waals surface area contributed by atoms with E-state index in [4.69, 9.17) is 11.5 Å². The number of hydrogen-bond acceptors (Lipinski definition) is 6. The zero-order valence-electron chi connectivity index (χ0n) is 19.9. The third-order valence-corrected chi connectivity index (χ3v) is 6.01. The average Bonchev–Trinajstić information content (AvgIpc) is 2.73. The topological polar surface area (TPSA) is 131 Å². The van der Waals surface area contributed by atoms with Gasteiger partial charge in [0.1, 0.15) is 6.04 Å². The highest BCUT2D eigenvalue weighted by molar-refractivity contribution is 5.93. The zero-order valence-corrected chi connectivity index (χ0v) is 19.9. The molecule has 1 aromatic heterocycles. The summed E-state index contributed by atoms with van der Waals surface area (Å²) in [6, 6.07) is 3.20. The number of hydrogen-bond donors (Lipinski definition) is 4. The standard InChI is InChI=1S/C24H42N4O3/c1-7-16(6)21(26)23(30)22(19-10-8-9-11-27-19)28-24(31)17(15(4)5)13-20(29)18(25)12-14(2)3/h8-11,14-18,20-22,29H,7,12-13,25-26H2,1-6H3,(H,28,31)/t16-,17-,18-,20-,21-,22?/m0/s1. The first-order valence-corrected chi connectivity index (χ1v) is 11.4. The van der Waals surface area contributed by atoms with Crippen LogP contribution < -0.4 is 16.8 Å². The number of amides is 1. The molecule has 1 amide bonds. The largest absolute Gasteiger partial charge is 0.391 e. The summed E-state index contributed by atoms with van der Waals surface area (Å²) in [5.41, 5.74) is 12.8. The van der Waals surface area contributed by atoms with Gasteiger partial charge in [0.15, 0.2) is 5.78 Å². The number of nitrogens with two attached hydrogens (primary N) is 2. The van der Waals surface area contributed by atoms with Crippen molar-refractivity contribution in [1.29, 1.82) is 0 Å². The number of Topliss-reactive ketones (excluding diaryl/α,β-unsaturated/α-hetero) is 1. The maximum atomic E-state index is 13.2. The summed E-state index contributed by atoms with van der Waals surface area (Å²) in [5.74, 6) is -0.765. The van der Waals surface area contributed by atoms with Gasteiger partial charge in [0, 0.05) is 18.2 Å². The highest BCUT2D eigenvalue weighted by atomic mass is 16.3. The van der Waals surface area contributed by atoms with E-state index in [1.165, 1.54) is 0 Å². The van der Waals surface area contributed by atoms with Gasteiger partial charge in [-0.25, -0.2) is 0 Å². The molecule has 0 saturated heterocycles. The Balaban J connectivity index is 3.07. The number of aromatic nitrogens is 1. The van der Waals surface area contributed by atoms with Crippen molar-refractivity contribution in [1.82, 2.24) is 10.3 Å². The minimum Gasteiger partial charge on any atom is -0.391 e. The molecule has 0 saturated carbocycles. The van der Waals surface area contributed by atoms with Gasteiger partial charge < -0.3 is 21.9 Å². The van der Waals surface area contributed by atoms with E-state index in [9.17, 15) is 14.7 Å². The van der Waals surface area contributed by atoms with E-state index in [1.54, 1.807) is 24.4 Å². The molecule has 0 aliphatic heterocycles. The molecule has 0 radical (unpaired) electrons. The van der Waals surface area contributed by atoms with Crippen LogP contribution in [0.15, 0.2) is 24.4 Å². The number of pyridine rings is 1. The van der Waals surface area contributed by atoms with Crippen molar-refractivity contribution >= 4 is 11.7 Å². The van der Waals surface area contributed by atoms with Crippen LogP contribution in [0.4, 0.5) is 0 Å². The molecular formula is C24H42N4O3. The molecule has 7 heteroatoms. The van der Waals surface area contributed by atoms with Crippen molar-refractivity contribution in [2.45, 2.75) is 85.0 Å². The van der Waals surface area contributed by atoms with Crippen molar-refractivity contribution in [3.63, 3.8) is 0 Å². The van der Waals surface area contributed by atoms with Crippen LogP contribution in [-0.2, 0) is 9.59 Å². The quantitative estimate of drug-likeness (QED) is 0.377. The summed E-state index contributed by atoms with van der Waals surface area (Å²) >= 11 is 0. The molecule has 0 fully saturated rings. The molecular weight excluding hydrogens is 392 g/mol. The SMILES string of the molecule is CC[C@H](C)[C@H](N)C(=O)C(NC(=O)[C@@H](C[C@H](O)[C@@H](N)CC(C)C)C(C)C)c1ccccn1. The van der Waals surface area contributed by atoms with Gasteiger partial charge in [0.25, 0.3) is 0 Å². The second-order valence-electron chi connectivity index (χ2n) is 9.46. The van der Waals surface area contributed by atoms with Gasteiger partial charge in [0.05, 0.1) is 17.8 Å². The van der Waals surface area contributed by atoms with Gasteiger partial charge in [0.2, 0.25) is 5.91 Å². The lowest BCUT2D eigenvalue weighted by molar-refractivity contribution is -0.133. The lowest BCUT2D eigenvalue weighted by Gasteiger charge is -2.29. The second-order valence-corrected chi connectivity index (χ2v) is 9.46. The monoisotopic (exact) mass is 434 g/mol. The van der Waals surface area contributed by atoms with Crippen LogP contribution in [-0.4, -0.2) is 40.0 Å². The summed E-state index contributed by atoms with van der Waals surface area (Å²) in [4.78, 5) is 30.7. The smallest absolute Gasteiger partial charge is 0.224 e. The fraction of sp³-hybridized carbons (Fsp3) is 0.708. The van der Waals surface area contributed by atoms with E-state index >= 15 is 0 Å². The molecule has 1 rings (SSSR count). The zero-order chi connectivity index (χ0) is 23.7. The van der Waals surface area contributed by atoms with Gasteiger partial charge in [-0.3, -0.25) is 14.6 Å². The number of rotatable bonds is 13. The Hall–Kier alpha value is -1.83. The number of aliphatic hydroxyl groups excluding tert-OH is 1. The van der Waals surface area contributed by atoms with Crippen molar-refractivity contribution in [3.8, 4) is 0 Å². The summed E-state index contributed by atoms with van der Waals surface area (Å²) in [7, 11) is 0. The molecule has 0 aliphatic rings. The Kier molecular flexibility index (Phi) is 11.3. The summed E-state index contributed by atoms with van der Waals surface area (Å²) < 4.78 is 0. The van der Waals surface area contributed by atoms with E-state index in [2.05, 4.69) is 10.3 Å².